The Hall–Kier alpha value is -1.92. The summed E-state index contributed by atoms with van der Waals surface area (Å²) < 4.78 is 1.84. The Morgan fingerprint density at radius 2 is 2.14 bits per heavy atom. The highest BCUT2D eigenvalue weighted by Gasteiger charge is 2.39. The largest absolute Gasteiger partial charge is 0.354 e. The van der Waals surface area contributed by atoms with Gasteiger partial charge in [0.25, 0.3) is 0 Å². The molecule has 0 bridgehead atoms. The summed E-state index contributed by atoms with van der Waals surface area (Å²) >= 11 is 0. The molecule has 7 nitrogen and oxygen atoms in total. The molecule has 3 rings (SSSR count). The number of nitrogens with one attached hydrogen (secondary N) is 1. The SMILES string of the molecule is Cn1cnnc1CCNC(=O)[C@@H]1CCCCN1C(=O)C1CC1. The third kappa shape index (κ3) is 3.28. The van der Waals surface area contributed by atoms with E-state index < -0.39 is 0 Å². The van der Waals surface area contributed by atoms with Gasteiger partial charge in [0, 0.05) is 32.5 Å². The molecule has 2 aliphatic rings. The van der Waals surface area contributed by atoms with Crippen LogP contribution >= 0.6 is 0 Å². The van der Waals surface area contributed by atoms with Crippen LogP contribution in [0.4, 0.5) is 0 Å². The number of hydrogen-bond acceptors (Lipinski definition) is 4. The number of carbonyl (C=O) groups is 2. The van der Waals surface area contributed by atoms with Gasteiger partial charge in [-0.1, -0.05) is 0 Å². The van der Waals surface area contributed by atoms with Crippen molar-refractivity contribution in [2.75, 3.05) is 13.1 Å². The van der Waals surface area contributed by atoms with Crippen LogP contribution in [0.15, 0.2) is 6.33 Å². The van der Waals surface area contributed by atoms with Crippen LogP contribution in [0.25, 0.3) is 0 Å². The molecule has 1 saturated carbocycles. The normalized spacial score (nSPS) is 21.7. The van der Waals surface area contributed by atoms with Crippen LogP contribution in [-0.4, -0.2) is 50.6 Å². The maximum absolute atomic E-state index is 12.4. The summed E-state index contributed by atoms with van der Waals surface area (Å²) in [4.78, 5) is 26.5. The average molecular weight is 305 g/mol. The van der Waals surface area contributed by atoms with E-state index in [0.29, 0.717) is 13.0 Å². The molecular weight excluding hydrogens is 282 g/mol. The third-order valence-corrected chi connectivity index (χ3v) is 4.47. The summed E-state index contributed by atoms with van der Waals surface area (Å²) in [6, 6.07) is -0.290. The zero-order chi connectivity index (χ0) is 15.5. The van der Waals surface area contributed by atoms with Crippen molar-refractivity contribution >= 4 is 11.8 Å². The standard InChI is InChI=1S/C15H23N5O2/c1-19-10-17-18-13(19)7-8-16-14(21)12-4-2-3-9-20(12)15(22)11-5-6-11/h10-12H,2-9H2,1H3,(H,16,21)/t12-/m0/s1. The molecule has 1 aromatic heterocycles. The fourth-order valence-electron chi connectivity index (χ4n) is 2.98. The van der Waals surface area contributed by atoms with E-state index in [9.17, 15) is 9.59 Å². The number of piperidine rings is 1. The van der Waals surface area contributed by atoms with Gasteiger partial charge in [-0.25, -0.2) is 0 Å². The first-order chi connectivity index (χ1) is 10.7. The highest BCUT2D eigenvalue weighted by atomic mass is 16.2. The third-order valence-electron chi connectivity index (χ3n) is 4.47. The Morgan fingerprint density at radius 1 is 1.32 bits per heavy atom. The molecule has 1 N–H and O–H groups in total. The van der Waals surface area contributed by atoms with E-state index in [1.807, 2.05) is 11.6 Å². The van der Waals surface area contributed by atoms with Gasteiger partial charge in [-0.2, -0.15) is 0 Å². The maximum atomic E-state index is 12.4. The van der Waals surface area contributed by atoms with E-state index in [2.05, 4.69) is 15.5 Å². The Morgan fingerprint density at radius 3 is 2.82 bits per heavy atom. The van der Waals surface area contributed by atoms with E-state index in [0.717, 1.165) is 44.5 Å². The first-order valence-electron chi connectivity index (χ1n) is 8.08. The molecule has 2 amide bonds. The fourth-order valence-corrected chi connectivity index (χ4v) is 2.98. The minimum atomic E-state index is -0.290. The molecule has 1 aromatic rings. The van der Waals surface area contributed by atoms with Crippen molar-refractivity contribution < 1.29 is 9.59 Å². The van der Waals surface area contributed by atoms with Crippen molar-refractivity contribution in [3.63, 3.8) is 0 Å². The van der Waals surface area contributed by atoms with Crippen molar-refractivity contribution in [2.24, 2.45) is 13.0 Å². The number of rotatable bonds is 5. The topological polar surface area (TPSA) is 80.1 Å². The number of amides is 2. The molecule has 2 fully saturated rings. The summed E-state index contributed by atoms with van der Waals surface area (Å²) in [6.07, 6.45) is 7.04. The lowest BCUT2D eigenvalue weighted by atomic mass is 10.0. The second-order valence-electron chi connectivity index (χ2n) is 6.22. The first-order valence-corrected chi connectivity index (χ1v) is 8.08. The quantitative estimate of drug-likeness (QED) is 0.846. The number of hydrogen-bond donors (Lipinski definition) is 1. The van der Waals surface area contributed by atoms with E-state index >= 15 is 0 Å². The zero-order valence-corrected chi connectivity index (χ0v) is 13.0. The number of aryl methyl sites for hydroxylation is 1. The van der Waals surface area contributed by atoms with Gasteiger partial charge in [-0.15, -0.1) is 10.2 Å². The molecule has 7 heteroatoms. The van der Waals surface area contributed by atoms with Crippen LogP contribution in [0.2, 0.25) is 0 Å². The second-order valence-corrected chi connectivity index (χ2v) is 6.22. The van der Waals surface area contributed by atoms with Gasteiger partial charge >= 0.3 is 0 Å². The van der Waals surface area contributed by atoms with Crippen molar-refractivity contribution in [1.82, 2.24) is 25.0 Å². The van der Waals surface area contributed by atoms with E-state index in [1.54, 1.807) is 11.2 Å². The minimum absolute atomic E-state index is 0.0316. The molecule has 1 aliphatic heterocycles. The molecule has 0 unspecified atom stereocenters. The van der Waals surface area contributed by atoms with Crippen molar-refractivity contribution in [1.29, 1.82) is 0 Å². The van der Waals surface area contributed by atoms with Gasteiger partial charge in [0.1, 0.15) is 18.2 Å². The first kappa shape index (κ1) is 15.0. The van der Waals surface area contributed by atoms with Crippen LogP contribution in [-0.2, 0) is 23.1 Å². The minimum Gasteiger partial charge on any atom is -0.354 e. The summed E-state index contributed by atoms with van der Waals surface area (Å²) in [5.74, 6) is 1.16. The summed E-state index contributed by atoms with van der Waals surface area (Å²) in [7, 11) is 1.88. The lowest BCUT2D eigenvalue weighted by Crippen LogP contribution is -2.52. The van der Waals surface area contributed by atoms with E-state index in [1.165, 1.54) is 0 Å². The van der Waals surface area contributed by atoms with Gasteiger partial charge in [-0.05, 0) is 32.1 Å². The smallest absolute Gasteiger partial charge is 0.242 e. The van der Waals surface area contributed by atoms with Crippen LogP contribution in [0.3, 0.4) is 0 Å². The number of nitrogens with zero attached hydrogens (tertiary/aromatic N) is 4. The number of likely N-dealkylation sites (tertiary alicyclic amines) is 1. The predicted molar refractivity (Wildman–Crippen MR) is 79.8 cm³/mol. The van der Waals surface area contributed by atoms with Gasteiger partial charge in [-0.3, -0.25) is 9.59 Å². The predicted octanol–water partition coefficient (Wildman–Crippen LogP) is 0.265. The van der Waals surface area contributed by atoms with Crippen LogP contribution in [0.5, 0.6) is 0 Å². The molecule has 120 valence electrons. The molecule has 2 heterocycles. The second kappa shape index (κ2) is 6.46. The van der Waals surface area contributed by atoms with Crippen LogP contribution in [0, 0.1) is 5.92 Å². The van der Waals surface area contributed by atoms with Gasteiger partial charge in [0.15, 0.2) is 0 Å². The summed E-state index contributed by atoms with van der Waals surface area (Å²) in [6.45, 7) is 1.24. The van der Waals surface area contributed by atoms with Crippen molar-refractivity contribution in [2.45, 2.75) is 44.6 Å². The maximum Gasteiger partial charge on any atom is 0.242 e. The molecule has 1 aliphatic carbocycles. The Balaban J connectivity index is 1.53. The molecule has 1 saturated heterocycles. The lowest BCUT2D eigenvalue weighted by molar-refractivity contribution is -0.143. The van der Waals surface area contributed by atoms with E-state index in [4.69, 9.17) is 0 Å². The monoisotopic (exact) mass is 305 g/mol. The zero-order valence-electron chi connectivity index (χ0n) is 13.0. The lowest BCUT2D eigenvalue weighted by Gasteiger charge is -2.34. The highest BCUT2D eigenvalue weighted by Crippen LogP contribution is 2.33. The van der Waals surface area contributed by atoms with Crippen molar-refractivity contribution in [3.8, 4) is 0 Å². The van der Waals surface area contributed by atoms with Gasteiger partial charge in [0.05, 0.1) is 0 Å². The molecule has 22 heavy (non-hydrogen) atoms. The molecule has 1 atom stereocenters. The van der Waals surface area contributed by atoms with Crippen LogP contribution < -0.4 is 5.32 Å². The highest BCUT2D eigenvalue weighted by molar-refractivity contribution is 5.89. The molecule has 0 spiro atoms. The summed E-state index contributed by atoms with van der Waals surface area (Å²) in [5.41, 5.74) is 0. The van der Waals surface area contributed by atoms with Gasteiger partial charge in [0.2, 0.25) is 11.8 Å². The van der Waals surface area contributed by atoms with E-state index in [-0.39, 0.29) is 23.8 Å². The Bertz CT molecular complexity index is 552. The average Bonchev–Trinajstić information content (AvgIpc) is 3.30. The summed E-state index contributed by atoms with van der Waals surface area (Å²) in [5, 5.41) is 10.8. The Labute approximate surface area is 130 Å². The Kier molecular flexibility index (Phi) is 4.40. The van der Waals surface area contributed by atoms with Gasteiger partial charge < -0.3 is 14.8 Å². The van der Waals surface area contributed by atoms with Crippen molar-refractivity contribution in [3.05, 3.63) is 12.2 Å². The number of aromatic nitrogens is 3. The molecule has 0 radical (unpaired) electrons. The molecular formula is C15H23N5O2. The number of carbonyl (C=O) groups excluding carboxylic acids is 2. The fraction of sp³-hybridized carbons (Fsp3) is 0.733. The molecule has 0 aromatic carbocycles. The van der Waals surface area contributed by atoms with Crippen LogP contribution in [0.1, 0.15) is 37.9 Å².